The lowest BCUT2D eigenvalue weighted by atomic mass is 10.3. The van der Waals surface area contributed by atoms with Crippen LogP contribution in [-0.4, -0.2) is 115 Å². The molecule has 10 nitrogen and oxygen atoms in total. The van der Waals surface area contributed by atoms with Gasteiger partial charge in [0.05, 0.1) is 79.3 Å². The fourth-order valence-electron chi connectivity index (χ4n) is 3.13. The Bertz CT molecular complexity index is 699. The molecule has 0 aliphatic carbocycles. The molecular formula is C28H42O10. The third-order valence-electron chi connectivity index (χ3n) is 4.97. The van der Waals surface area contributed by atoms with Crippen molar-refractivity contribution in [2.75, 3.05) is 92.5 Å². The highest BCUT2D eigenvalue weighted by Gasteiger charge is 2.12. The van der Waals surface area contributed by atoms with Gasteiger partial charge in [-0.3, -0.25) is 0 Å². The molecule has 0 radical (unpaired) electrons. The highest BCUT2D eigenvalue weighted by Crippen LogP contribution is 2.10. The van der Waals surface area contributed by atoms with E-state index in [0.717, 1.165) is 11.5 Å². The van der Waals surface area contributed by atoms with Crippen molar-refractivity contribution in [3.8, 4) is 11.5 Å². The Morgan fingerprint density at radius 3 is 1.18 bits per heavy atom. The minimum atomic E-state index is -0.288. The maximum absolute atomic E-state index is 9.01. The second-order valence-electron chi connectivity index (χ2n) is 8.06. The van der Waals surface area contributed by atoms with Gasteiger partial charge in [0.1, 0.15) is 36.9 Å². The molecule has 2 aromatic rings. The summed E-state index contributed by atoms with van der Waals surface area (Å²) >= 11 is 0. The molecule has 10 heteroatoms. The highest BCUT2D eigenvalue weighted by atomic mass is 16.6. The molecule has 0 aliphatic rings. The summed E-state index contributed by atoms with van der Waals surface area (Å²) in [5.74, 6) is 1.51. The van der Waals surface area contributed by atoms with Crippen LogP contribution in [0, 0.1) is 0 Å². The average molecular weight is 539 g/mol. The van der Waals surface area contributed by atoms with Gasteiger partial charge in [0.2, 0.25) is 0 Å². The summed E-state index contributed by atoms with van der Waals surface area (Å²) in [6.45, 7) is 4.22. The zero-order valence-electron chi connectivity index (χ0n) is 22.0. The van der Waals surface area contributed by atoms with Crippen molar-refractivity contribution in [2.24, 2.45) is 0 Å². The van der Waals surface area contributed by atoms with E-state index in [2.05, 4.69) is 0 Å². The number of benzene rings is 2. The summed E-state index contributed by atoms with van der Waals surface area (Å²) in [6, 6.07) is 18.9. The molecule has 0 bridgehead atoms. The molecule has 0 saturated carbocycles. The fourth-order valence-corrected chi connectivity index (χ4v) is 3.13. The van der Waals surface area contributed by atoms with Gasteiger partial charge in [-0.05, 0) is 24.3 Å². The molecule has 2 N–H and O–H groups in total. The number of hydrogen-bond acceptors (Lipinski definition) is 10. The Morgan fingerprint density at radius 2 is 0.816 bits per heavy atom. The molecular weight excluding hydrogens is 496 g/mol. The Hall–Kier alpha value is -2.28. The Balaban J connectivity index is 1.44. The summed E-state index contributed by atoms with van der Waals surface area (Å²) in [5.41, 5.74) is 0. The Morgan fingerprint density at radius 1 is 0.447 bits per heavy atom. The maximum Gasteiger partial charge on any atom is 0.119 e. The second kappa shape index (κ2) is 22.7. The lowest BCUT2D eigenvalue weighted by Gasteiger charge is -2.18. The number of aliphatic hydroxyl groups is 2. The molecule has 0 aliphatic heterocycles. The van der Waals surface area contributed by atoms with Crippen molar-refractivity contribution in [3.63, 3.8) is 0 Å². The van der Waals surface area contributed by atoms with E-state index in [1.165, 1.54) is 0 Å². The van der Waals surface area contributed by atoms with Crippen LogP contribution in [0.25, 0.3) is 0 Å². The van der Waals surface area contributed by atoms with Gasteiger partial charge in [-0.1, -0.05) is 36.4 Å². The summed E-state index contributed by atoms with van der Waals surface area (Å²) in [7, 11) is 0. The van der Waals surface area contributed by atoms with Gasteiger partial charge in [0.15, 0.2) is 0 Å². The van der Waals surface area contributed by atoms with E-state index < -0.39 is 0 Å². The SMILES string of the molecule is OCCOC(COCCOCCOCCOCC(COc1ccccc1)OCCO)COc1ccccc1. The first-order chi connectivity index (χ1) is 18.8. The minimum absolute atomic E-state index is 0.0588. The van der Waals surface area contributed by atoms with Crippen molar-refractivity contribution in [3.05, 3.63) is 60.7 Å². The first-order valence-electron chi connectivity index (χ1n) is 12.9. The molecule has 0 spiro atoms. The van der Waals surface area contributed by atoms with E-state index in [4.69, 9.17) is 48.1 Å². The summed E-state index contributed by atoms with van der Waals surface area (Å²) in [5, 5.41) is 18.0. The summed E-state index contributed by atoms with van der Waals surface area (Å²) < 4.78 is 44.9. The van der Waals surface area contributed by atoms with Crippen LogP contribution in [0.4, 0.5) is 0 Å². The summed E-state index contributed by atoms with van der Waals surface area (Å²) in [6.07, 6.45) is -0.576. The molecule has 2 aromatic carbocycles. The van der Waals surface area contributed by atoms with E-state index in [-0.39, 0.29) is 38.6 Å². The van der Waals surface area contributed by atoms with Crippen LogP contribution in [-0.2, 0) is 28.4 Å². The van der Waals surface area contributed by atoms with Gasteiger partial charge in [-0.15, -0.1) is 0 Å². The number of hydrogen-bond donors (Lipinski definition) is 2. The number of aliphatic hydroxyl groups excluding tert-OH is 2. The number of rotatable bonds is 25. The lowest BCUT2D eigenvalue weighted by Crippen LogP contribution is -2.29. The largest absolute Gasteiger partial charge is 0.491 e. The van der Waals surface area contributed by atoms with Gasteiger partial charge >= 0.3 is 0 Å². The zero-order chi connectivity index (χ0) is 26.9. The standard InChI is InChI=1S/C28H42O10/c29-11-13-35-27(23-37-25-7-3-1-4-8-25)21-33-19-17-31-15-16-32-18-20-34-22-28(36-14-12-30)24-38-26-9-5-2-6-10-26/h1-10,27-30H,11-24H2. The van der Waals surface area contributed by atoms with Crippen molar-refractivity contribution in [1.82, 2.24) is 0 Å². The monoisotopic (exact) mass is 538 g/mol. The van der Waals surface area contributed by atoms with Crippen molar-refractivity contribution in [1.29, 1.82) is 0 Å². The van der Waals surface area contributed by atoms with Crippen LogP contribution >= 0.6 is 0 Å². The lowest BCUT2D eigenvalue weighted by molar-refractivity contribution is -0.0635. The normalized spacial score (nSPS) is 12.8. The van der Waals surface area contributed by atoms with E-state index in [1.807, 2.05) is 60.7 Å². The third kappa shape index (κ3) is 16.5. The molecule has 2 rings (SSSR count). The first kappa shape index (κ1) is 31.9. The molecule has 2 unspecified atom stereocenters. The molecule has 0 aromatic heterocycles. The first-order valence-corrected chi connectivity index (χ1v) is 12.9. The topological polar surface area (TPSA) is 114 Å². The summed E-state index contributed by atoms with van der Waals surface area (Å²) in [4.78, 5) is 0. The quantitative estimate of drug-likeness (QED) is 0.182. The predicted molar refractivity (Wildman–Crippen MR) is 141 cm³/mol. The van der Waals surface area contributed by atoms with Gasteiger partial charge < -0.3 is 48.1 Å². The van der Waals surface area contributed by atoms with Gasteiger partial charge in [0, 0.05) is 0 Å². The van der Waals surface area contributed by atoms with Crippen LogP contribution in [0.15, 0.2) is 60.7 Å². The third-order valence-corrected chi connectivity index (χ3v) is 4.97. The molecule has 0 heterocycles. The molecule has 2 atom stereocenters. The van der Waals surface area contributed by atoms with Crippen molar-refractivity contribution < 1.29 is 48.1 Å². The van der Waals surface area contributed by atoms with Crippen LogP contribution in [0.2, 0.25) is 0 Å². The van der Waals surface area contributed by atoms with Crippen LogP contribution in [0.3, 0.4) is 0 Å². The number of para-hydroxylation sites is 2. The van der Waals surface area contributed by atoms with Crippen LogP contribution < -0.4 is 9.47 Å². The molecule has 0 fully saturated rings. The van der Waals surface area contributed by atoms with Crippen LogP contribution in [0.1, 0.15) is 0 Å². The average Bonchev–Trinajstić information content (AvgIpc) is 2.96. The van der Waals surface area contributed by atoms with Gasteiger partial charge in [0.25, 0.3) is 0 Å². The highest BCUT2D eigenvalue weighted by molar-refractivity contribution is 5.21. The maximum atomic E-state index is 9.01. The van der Waals surface area contributed by atoms with Crippen molar-refractivity contribution in [2.45, 2.75) is 12.2 Å². The minimum Gasteiger partial charge on any atom is -0.491 e. The van der Waals surface area contributed by atoms with Crippen LogP contribution in [0.5, 0.6) is 11.5 Å². The van der Waals surface area contributed by atoms with E-state index in [0.29, 0.717) is 66.1 Å². The fraction of sp³-hybridized carbons (Fsp3) is 0.571. The zero-order valence-corrected chi connectivity index (χ0v) is 22.0. The van der Waals surface area contributed by atoms with E-state index >= 15 is 0 Å². The smallest absolute Gasteiger partial charge is 0.119 e. The predicted octanol–water partition coefficient (Wildman–Crippen LogP) is 1.97. The second-order valence-corrected chi connectivity index (χ2v) is 8.06. The van der Waals surface area contributed by atoms with Gasteiger partial charge in [-0.25, -0.2) is 0 Å². The molecule has 0 saturated heterocycles. The van der Waals surface area contributed by atoms with E-state index in [1.54, 1.807) is 0 Å². The number of ether oxygens (including phenoxy) is 8. The van der Waals surface area contributed by atoms with Crippen molar-refractivity contribution >= 4 is 0 Å². The molecule has 38 heavy (non-hydrogen) atoms. The molecule has 0 amide bonds. The van der Waals surface area contributed by atoms with Gasteiger partial charge in [-0.2, -0.15) is 0 Å². The Labute approximate surface area is 225 Å². The molecule has 214 valence electrons. The van der Waals surface area contributed by atoms with E-state index in [9.17, 15) is 0 Å². The Kier molecular flexibility index (Phi) is 19.1.